The molecule has 1 rings (SSSR count). The smallest absolute Gasteiger partial charge is 0.191 e. The molecule has 5 heteroatoms. The number of hydrogen-bond acceptors (Lipinski definition) is 1. The monoisotopic (exact) mass is 327 g/mol. The van der Waals surface area contributed by atoms with Crippen LogP contribution in [0.3, 0.4) is 0 Å². The normalized spacial score (nSPS) is 11.2. The Morgan fingerprint density at radius 1 is 1.47 bits per heavy atom. The Morgan fingerprint density at radius 2 is 2.26 bits per heavy atom. The Hall–Kier alpha value is -1.36. The minimum atomic E-state index is -0.192. The first-order valence-electron chi connectivity index (χ1n) is 6.24. The molecule has 0 unspecified atom stereocenters. The topological polar surface area (TPSA) is 36.4 Å². The van der Waals surface area contributed by atoms with Crippen molar-refractivity contribution in [2.24, 2.45) is 4.99 Å². The molecule has 0 spiro atoms. The quantitative estimate of drug-likeness (QED) is 0.479. The molecule has 0 aliphatic heterocycles. The van der Waals surface area contributed by atoms with Crippen molar-refractivity contribution < 1.29 is 4.39 Å². The van der Waals surface area contributed by atoms with E-state index in [1.807, 2.05) is 6.92 Å². The summed E-state index contributed by atoms with van der Waals surface area (Å²) in [6.45, 7) is 7.60. The predicted octanol–water partition coefficient (Wildman–Crippen LogP) is 2.87. The Balaban J connectivity index is 2.57. The molecule has 3 nitrogen and oxygen atoms in total. The molecule has 19 heavy (non-hydrogen) atoms. The van der Waals surface area contributed by atoms with Crippen molar-refractivity contribution in [1.29, 1.82) is 0 Å². The summed E-state index contributed by atoms with van der Waals surface area (Å²) in [5.41, 5.74) is 0.665. The zero-order chi connectivity index (χ0) is 14.1. The first-order valence-corrected chi connectivity index (χ1v) is 7.03. The van der Waals surface area contributed by atoms with Gasteiger partial charge in [-0.2, -0.15) is 0 Å². The molecule has 0 bridgehead atoms. The number of nitrogens with zero attached hydrogens (tertiary/aromatic N) is 1. The van der Waals surface area contributed by atoms with Crippen molar-refractivity contribution in [3.63, 3.8) is 0 Å². The van der Waals surface area contributed by atoms with Crippen LogP contribution in [0.4, 0.5) is 4.39 Å². The maximum atomic E-state index is 13.5. The third-order valence-electron chi connectivity index (χ3n) is 2.42. The van der Waals surface area contributed by atoms with Crippen LogP contribution in [-0.2, 0) is 6.42 Å². The van der Waals surface area contributed by atoms with Gasteiger partial charge in [0, 0.05) is 24.1 Å². The fraction of sp³-hybridized carbons (Fsp3) is 0.357. The van der Waals surface area contributed by atoms with Gasteiger partial charge in [-0.3, -0.25) is 4.99 Å². The van der Waals surface area contributed by atoms with Crippen LogP contribution in [0, 0.1) is 5.82 Å². The van der Waals surface area contributed by atoms with Gasteiger partial charge < -0.3 is 10.6 Å². The SMILES string of the molecule is C=CCNC(=NCCc1cc(Br)ccc1F)NCC. The van der Waals surface area contributed by atoms with Crippen LogP contribution in [0.1, 0.15) is 12.5 Å². The van der Waals surface area contributed by atoms with E-state index in [9.17, 15) is 4.39 Å². The van der Waals surface area contributed by atoms with E-state index in [1.165, 1.54) is 6.07 Å². The second kappa shape index (κ2) is 8.69. The first kappa shape index (κ1) is 15.7. The van der Waals surface area contributed by atoms with Gasteiger partial charge in [0.15, 0.2) is 5.96 Å². The summed E-state index contributed by atoms with van der Waals surface area (Å²) >= 11 is 3.34. The standard InChI is InChI=1S/C14H19BrFN3/c1-3-8-18-14(17-4-2)19-9-7-11-10-12(15)5-6-13(11)16/h3,5-6,10H,1,4,7-9H2,2H3,(H2,17,18,19). The van der Waals surface area contributed by atoms with Crippen molar-refractivity contribution >= 4 is 21.9 Å². The highest BCUT2D eigenvalue weighted by atomic mass is 79.9. The average molecular weight is 328 g/mol. The van der Waals surface area contributed by atoms with Gasteiger partial charge in [-0.25, -0.2) is 4.39 Å². The van der Waals surface area contributed by atoms with Gasteiger partial charge >= 0.3 is 0 Å². The molecule has 1 aromatic rings. The molecule has 0 amide bonds. The Bertz CT molecular complexity index is 446. The van der Waals surface area contributed by atoms with E-state index >= 15 is 0 Å². The van der Waals surface area contributed by atoms with Crippen molar-refractivity contribution in [2.45, 2.75) is 13.3 Å². The number of hydrogen-bond donors (Lipinski definition) is 2. The number of benzene rings is 1. The Morgan fingerprint density at radius 3 is 2.95 bits per heavy atom. The highest BCUT2D eigenvalue weighted by Crippen LogP contribution is 2.15. The van der Waals surface area contributed by atoms with Crippen LogP contribution in [0.15, 0.2) is 40.3 Å². The second-order valence-electron chi connectivity index (χ2n) is 3.92. The Kier molecular flexibility index (Phi) is 7.18. The first-order chi connectivity index (χ1) is 9.17. The molecule has 0 saturated heterocycles. The molecule has 104 valence electrons. The van der Waals surface area contributed by atoms with Crippen LogP contribution in [-0.4, -0.2) is 25.6 Å². The fourth-order valence-electron chi connectivity index (χ4n) is 1.53. The molecular formula is C14H19BrFN3. The van der Waals surface area contributed by atoms with Crippen LogP contribution in [0.25, 0.3) is 0 Å². The van der Waals surface area contributed by atoms with Gasteiger partial charge in [0.2, 0.25) is 0 Å². The highest BCUT2D eigenvalue weighted by Gasteiger charge is 2.02. The van der Waals surface area contributed by atoms with Crippen LogP contribution < -0.4 is 10.6 Å². The van der Waals surface area contributed by atoms with Gasteiger partial charge in [0.25, 0.3) is 0 Å². The molecule has 2 N–H and O–H groups in total. The predicted molar refractivity (Wildman–Crippen MR) is 82.0 cm³/mol. The fourth-order valence-corrected chi connectivity index (χ4v) is 1.94. The van der Waals surface area contributed by atoms with Gasteiger partial charge in [-0.05, 0) is 37.1 Å². The average Bonchev–Trinajstić information content (AvgIpc) is 2.40. The Labute approximate surface area is 122 Å². The highest BCUT2D eigenvalue weighted by molar-refractivity contribution is 9.10. The van der Waals surface area contributed by atoms with E-state index in [0.717, 1.165) is 17.0 Å². The zero-order valence-corrected chi connectivity index (χ0v) is 12.6. The summed E-state index contributed by atoms with van der Waals surface area (Å²) in [5.74, 6) is 0.528. The van der Waals surface area contributed by atoms with E-state index in [4.69, 9.17) is 0 Å². The van der Waals surface area contributed by atoms with Crippen LogP contribution in [0.5, 0.6) is 0 Å². The summed E-state index contributed by atoms with van der Waals surface area (Å²) in [4.78, 5) is 4.38. The molecule has 0 atom stereocenters. The summed E-state index contributed by atoms with van der Waals surface area (Å²) in [6.07, 6.45) is 2.33. The maximum absolute atomic E-state index is 13.5. The van der Waals surface area contributed by atoms with Crippen molar-refractivity contribution in [3.05, 3.63) is 46.7 Å². The number of guanidine groups is 1. The summed E-state index contributed by atoms with van der Waals surface area (Å²) in [6, 6.07) is 4.94. The van der Waals surface area contributed by atoms with Crippen molar-refractivity contribution in [1.82, 2.24) is 10.6 Å². The lowest BCUT2D eigenvalue weighted by molar-refractivity contribution is 0.609. The lowest BCUT2D eigenvalue weighted by Gasteiger charge is -2.09. The molecule has 0 heterocycles. The minimum absolute atomic E-state index is 0.192. The lowest BCUT2D eigenvalue weighted by Crippen LogP contribution is -2.37. The van der Waals surface area contributed by atoms with E-state index in [-0.39, 0.29) is 5.82 Å². The van der Waals surface area contributed by atoms with Gasteiger partial charge in [-0.15, -0.1) is 6.58 Å². The van der Waals surface area contributed by atoms with E-state index in [1.54, 1.807) is 18.2 Å². The van der Waals surface area contributed by atoms with Crippen LogP contribution in [0.2, 0.25) is 0 Å². The minimum Gasteiger partial charge on any atom is -0.357 e. The third kappa shape index (κ3) is 5.87. The van der Waals surface area contributed by atoms with E-state index in [2.05, 4.69) is 38.1 Å². The zero-order valence-electron chi connectivity index (χ0n) is 11.0. The van der Waals surface area contributed by atoms with E-state index in [0.29, 0.717) is 25.1 Å². The van der Waals surface area contributed by atoms with Crippen molar-refractivity contribution in [2.75, 3.05) is 19.6 Å². The number of nitrogens with one attached hydrogen (secondary N) is 2. The largest absolute Gasteiger partial charge is 0.357 e. The van der Waals surface area contributed by atoms with E-state index < -0.39 is 0 Å². The van der Waals surface area contributed by atoms with Gasteiger partial charge in [0.05, 0.1) is 0 Å². The maximum Gasteiger partial charge on any atom is 0.191 e. The van der Waals surface area contributed by atoms with Gasteiger partial charge in [-0.1, -0.05) is 22.0 Å². The molecule has 0 aromatic heterocycles. The summed E-state index contributed by atoms with van der Waals surface area (Å²) < 4.78 is 14.4. The molecular weight excluding hydrogens is 309 g/mol. The molecule has 0 aliphatic carbocycles. The molecule has 0 saturated carbocycles. The van der Waals surface area contributed by atoms with Crippen LogP contribution >= 0.6 is 15.9 Å². The number of rotatable bonds is 6. The molecule has 1 aromatic carbocycles. The lowest BCUT2D eigenvalue weighted by atomic mass is 10.1. The van der Waals surface area contributed by atoms with Crippen molar-refractivity contribution in [3.8, 4) is 0 Å². The third-order valence-corrected chi connectivity index (χ3v) is 2.91. The second-order valence-corrected chi connectivity index (χ2v) is 4.83. The summed E-state index contributed by atoms with van der Waals surface area (Å²) in [7, 11) is 0. The number of halogens is 2. The number of aliphatic imine (C=N–C) groups is 1. The molecule has 0 fully saturated rings. The van der Waals surface area contributed by atoms with Gasteiger partial charge in [0.1, 0.15) is 5.82 Å². The molecule has 0 radical (unpaired) electrons. The summed E-state index contributed by atoms with van der Waals surface area (Å²) in [5, 5.41) is 6.22. The molecule has 0 aliphatic rings.